The van der Waals surface area contributed by atoms with E-state index in [4.69, 9.17) is 4.74 Å². The van der Waals surface area contributed by atoms with Crippen LogP contribution in [-0.2, 0) is 9.53 Å². The molecule has 0 radical (unpaired) electrons. The van der Waals surface area contributed by atoms with Gasteiger partial charge in [0.25, 0.3) is 5.92 Å². The smallest absolute Gasteiger partial charge is 0.338 e. The van der Waals surface area contributed by atoms with E-state index in [9.17, 15) is 31.9 Å². The topological polar surface area (TPSA) is 74.2 Å². The molecule has 2 aromatic carbocycles. The Morgan fingerprint density at radius 1 is 1.22 bits per heavy atom. The van der Waals surface area contributed by atoms with Gasteiger partial charge in [0.2, 0.25) is 0 Å². The Balaban J connectivity index is 1.88. The fraction of sp³-hybridized carbons (Fsp3) is 0.308. The number of carbonyl (C=O) groups excluding carboxylic acids is 1. The van der Waals surface area contributed by atoms with Gasteiger partial charge in [-0.3, -0.25) is 9.89 Å². The number of hydrogen-bond donors (Lipinski definition) is 2. The predicted octanol–water partition coefficient (Wildman–Crippen LogP) is 4.71. The van der Waals surface area contributed by atoms with Crippen molar-refractivity contribution in [1.29, 1.82) is 0 Å². The van der Waals surface area contributed by atoms with Gasteiger partial charge in [-0.05, 0) is 42.3 Å². The van der Waals surface area contributed by atoms with Crippen LogP contribution in [0.2, 0.25) is 0 Å². The first-order valence-electron chi connectivity index (χ1n) is 11.3. The number of amidine groups is 1. The Hall–Kier alpha value is -3.73. The van der Waals surface area contributed by atoms with Gasteiger partial charge in [-0.1, -0.05) is 12.6 Å². The minimum Gasteiger partial charge on any atom is -0.511 e. The third-order valence-electron chi connectivity index (χ3n) is 6.36. The number of alkyl halides is 2. The fourth-order valence-electron chi connectivity index (χ4n) is 4.64. The van der Waals surface area contributed by atoms with E-state index in [2.05, 4.69) is 16.9 Å². The highest BCUT2D eigenvalue weighted by atomic mass is 19.3. The Kier molecular flexibility index (Phi) is 7.09. The molecule has 0 unspecified atom stereocenters. The third kappa shape index (κ3) is 5.36. The van der Waals surface area contributed by atoms with Gasteiger partial charge in [-0.15, -0.1) is 0 Å². The summed E-state index contributed by atoms with van der Waals surface area (Å²) in [5, 5.41) is 12.8. The van der Waals surface area contributed by atoms with Crippen molar-refractivity contribution in [2.24, 2.45) is 4.99 Å². The van der Waals surface area contributed by atoms with Crippen LogP contribution in [0.15, 0.2) is 65.0 Å². The van der Waals surface area contributed by atoms with Crippen molar-refractivity contribution in [2.45, 2.75) is 31.4 Å². The van der Waals surface area contributed by atoms with Crippen molar-refractivity contribution in [3.8, 4) is 0 Å². The number of rotatable bonds is 6. The zero-order valence-corrected chi connectivity index (χ0v) is 20.0. The maximum absolute atomic E-state index is 14.7. The molecule has 0 amide bonds. The lowest BCUT2D eigenvalue weighted by atomic mass is 9.91. The number of methoxy groups -OCH3 is 1. The van der Waals surface area contributed by atoms with Gasteiger partial charge in [0.1, 0.15) is 35.1 Å². The van der Waals surface area contributed by atoms with Gasteiger partial charge < -0.3 is 15.2 Å². The van der Waals surface area contributed by atoms with E-state index in [1.165, 1.54) is 23.1 Å². The molecule has 11 heteroatoms. The van der Waals surface area contributed by atoms with Crippen LogP contribution in [0.3, 0.4) is 0 Å². The van der Waals surface area contributed by atoms with Crippen LogP contribution in [0, 0.1) is 24.4 Å². The molecule has 2 heterocycles. The van der Waals surface area contributed by atoms with Crippen LogP contribution < -0.4 is 5.32 Å². The molecule has 0 saturated carbocycles. The minimum absolute atomic E-state index is 0.0539. The lowest BCUT2D eigenvalue weighted by molar-refractivity contribution is -0.136. The third-order valence-corrected chi connectivity index (χ3v) is 6.36. The molecule has 0 aliphatic carbocycles. The Bertz CT molecular complexity index is 1320. The predicted molar refractivity (Wildman–Crippen MR) is 126 cm³/mol. The molecule has 1 fully saturated rings. The number of halogens is 5. The van der Waals surface area contributed by atoms with E-state index in [1.807, 2.05) is 0 Å². The lowest BCUT2D eigenvalue weighted by Crippen LogP contribution is -2.42. The average molecular weight is 521 g/mol. The molecule has 0 spiro atoms. The summed E-state index contributed by atoms with van der Waals surface area (Å²) < 4.78 is 75.7. The van der Waals surface area contributed by atoms with Crippen molar-refractivity contribution in [1.82, 2.24) is 10.2 Å². The molecular weight excluding hydrogens is 497 g/mol. The van der Waals surface area contributed by atoms with Crippen LogP contribution in [0.4, 0.5) is 22.0 Å². The number of aliphatic hydroxyl groups excluding tert-OH is 1. The van der Waals surface area contributed by atoms with Crippen LogP contribution in [0.25, 0.3) is 0 Å². The summed E-state index contributed by atoms with van der Waals surface area (Å²) in [6.07, 6.45) is -0.683. The summed E-state index contributed by atoms with van der Waals surface area (Å²) in [4.78, 5) is 18.7. The number of hydrogen-bond acceptors (Lipinski definition) is 6. The standard InChI is InChI=1S/C26H24F5N3O3/c1-13-8-15(27)4-6-17(13)23-22(25(36)37-3)20(11-34-12-26(30,31)10-21(34)14(2)35)32-24(33-23)18-7-5-16(28)9-19(18)29/h4-9,21,23,35H,2,10-12H2,1,3H3,(H,32,33)/t21-,23-/m0/s1. The number of benzene rings is 2. The number of aliphatic imine (C=N–C) groups is 1. The summed E-state index contributed by atoms with van der Waals surface area (Å²) in [7, 11) is 1.13. The quantitative estimate of drug-likeness (QED) is 0.327. The average Bonchev–Trinajstić information content (AvgIpc) is 3.12. The highest BCUT2D eigenvalue weighted by molar-refractivity contribution is 6.04. The normalized spacial score (nSPS) is 21.4. The number of nitrogens with zero attached hydrogens (tertiary/aromatic N) is 2. The Morgan fingerprint density at radius 2 is 1.89 bits per heavy atom. The van der Waals surface area contributed by atoms with E-state index < -0.39 is 60.2 Å². The number of nitrogens with one attached hydrogen (secondary N) is 1. The van der Waals surface area contributed by atoms with Crippen LogP contribution >= 0.6 is 0 Å². The maximum atomic E-state index is 14.7. The lowest BCUT2D eigenvalue weighted by Gasteiger charge is -2.31. The second kappa shape index (κ2) is 9.97. The van der Waals surface area contributed by atoms with Crippen LogP contribution in [0.1, 0.15) is 29.2 Å². The molecule has 1 saturated heterocycles. The van der Waals surface area contributed by atoms with Crippen molar-refractivity contribution in [2.75, 3.05) is 20.2 Å². The highest BCUT2D eigenvalue weighted by Gasteiger charge is 2.47. The van der Waals surface area contributed by atoms with Gasteiger partial charge >= 0.3 is 5.97 Å². The van der Waals surface area contributed by atoms with Crippen molar-refractivity contribution in [3.05, 3.63) is 94.1 Å². The number of esters is 1. The van der Waals surface area contributed by atoms with Gasteiger partial charge in [0, 0.05) is 24.7 Å². The first kappa shape index (κ1) is 26.3. The fourth-order valence-corrected chi connectivity index (χ4v) is 4.64. The Labute approximate surface area is 209 Å². The molecular formula is C26H24F5N3O3. The number of ether oxygens (including phenoxy) is 1. The van der Waals surface area contributed by atoms with E-state index in [0.29, 0.717) is 17.2 Å². The van der Waals surface area contributed by atoms with Gasteiger partial charge in [-0.2, -0.15) is 0 Å². The molecule has 2 N–H and O–H groups in total. The van der Waals surface area contributed by atoms with Crippen molar-refractivity contribution < 1.29 is 36.6 Å². The van der Waals surface area contributed by atoms with E-state index in [-0.39, 0.29) is 29.2 Å². The van der Waals surface area contributed by atoms with Crippen LogP contribution in [0.5, 0.6) is 0 Å². The molecule has 37 heavy (non-hydrogen) atoms. The summed E-state index contributed by atoms with van der Waals surface area (Å²) in [6, 6.07) is 4.38. The molecule has 0 bridgehead atoms. The first-order valence-corrected chi connectivity index (χ1v) is 11.3. The molecule has 4 rings (SSSR count). The first-order chi connectivity index (χ1) is 17.4. The SMILES string of the molecule is C=C(O)[C@@H]1CC(F)(F)CN1CC1=C(C(=O)OC)[C@H](c2ccc(F)cc2C)N=C(c2ccc(F)cc2F)N1. The highest BCUT2D eigenvalue weighted by Crippen LogP contribution is 2.38. The minimum atomic E-state index is -3.13. The van der Waals surface area contributed by atoms with E-state index >= 15 is 0 Å². The number of likely N-dealkylation sites (tertiary alicyclic amines) is 1. The van der Waals surface area contributed by atoms with Crippen molar-refractivity contribution >= 4 is 11.8 Å². The van der Waals surface area contributed by atoms with Gasteiger partial charge in [0.15, 0.2) is 0 Å². The zero-order chi connectivity index (χ0) is 27.1. The molecule has 2 aliphatic rings. The van der Waals surface area contributed by atoms with Crippen LogP contribution in [-0.4, -0.2) is 54.0 Å². The largest absolute Gasteiger partial charge is 0.511 e. The zero-order valence-electron chi connectivity index (χ0n) is 20.0. The molecule has 6 nitrogen and oxygen atoms in total. The second-order valence-electron chi connectivity index (χ2n) is 8.99. The van der Waals surface area contributed by atoms with E-state index in [1.54, 1.807) is 6.92 Å². The number of aryl methyl sites for hydroxylation is 1. The molecule has 0 aromatic heterocycles. The molecule has 196 valence electrons. The monoisotopic (exact) mass is 521 g/mol. The second-order valence-corrected chi connectivity index (χ2v) is 8.99. The summed E-state index contributed by atoms with van der Waals surface area (Å²) >= 11 is 0. The summed E-state index contributed by atoms with van der Waals surface area (Å²) in [5.41, 5.74) is 0.655. The van der Waals surface area contributed by atoms with Crippen molar-refractivity contribution in [3.63, 3.8) is 0 Å². The van der Waals surface area contributed by atoms with Gasteiger partial charge in [0.05, 0.1) is 30.8 Å². The maximum Gasteiger partial charge on any atom is 0.338 e. The number of aliphatic hydroxyl groups is 1. The van der Waals surface area contributed by atoms with Gasteiger partial charge in [-0.25, -0.2) is 26.7 Å². The number of carbonyl (C=O) groups is 1. The molecule has 2 aliphatic heterocycles. The molecule has 2 aromatic rings. The summed E-state index contributed by atoms with van der Waals surface area (Å²) in [6.45, 7) is 3.92. The molecule has 2 atom stereocenters. The Morgan fingerprint density at radius 3 is 2.51 bits per heavy atom. The van der Waals surface area contributed by atoms with E-state index in [0.717, 1.165) is 19.2 Å². The summed E-state index contributed by atoms with van der Waals surface area (Å²) in [5.74, 6) is -6.85.